The highest BCUT2D eigenvalue weighted by Gasteiger charge is 2.14. The molecule has 0 aliphatic heterocycles. The lowest BCUT2D eigenvalue weighted by Crippen LogP contribution is -2.12. The summed E-state index contributed by atoms with van der Waals surface area (Å²) in [6, 6.07) is 8.20. The van der Waals surface area contributed by atoms with Crippen LogP contribution >= 0.6 is 38.9 Å². The summed E-state index contributed by atoms with van der Waals surface area (Å²) < 4.78 is 1.08. The van der Waals surface area contributed by atoms with Crippen molar-refractivity contribution in [3.05, 3.63) is 55.1 Å². The van der Waals surface area contributed by atoms with Crippen LogP contribution in [0.15, 0.2) is 34.1 Å². The molecule has 17 heavy (non-hydrogen) atoms. The molecule has 0 amide bonds. The summed E-state index contributed by atoms with van der Waals surface area (Å²) in [5.41, 5.74) is 8.53. The second-order valence-corrected chi connectivity index (χ2v) is 6.24. The minimum Gasteiger partial charge on any atom is -0.323 e. The molecule has 0 saturated heterocycles. The van der Waals surface area contributed by atoms with Crippen molar-refractivity contribution in [1.82, 2.24) is 0 Å². The van der Waals surface area contributed by atoms with E-state index in [2.05, 4.69) is 33.4 Å². The largest absolute Gasteiger partial charge is 0.323 e. The standard InChI is InChI=1S/C13H13BrClNS/c1-8-7-17-13(12(8)15)11(16)6-9-2-4-10(14)5-3-9/h2-5,7,11H,6,16H2,1H3. The number of halogens is 2. The number of hydrogen-bond acceptors (Lipinski definition) is 2. The van der Waals surface area contributed by atoms with Crippen molar-refractivity contribution < 1.29 is 0 Å². The molecular weight excluding hydrogens is 318 g/mol. The van der Waals surface area contributed by atoms with Crippen LogP contribution in [0.3, 0.4) is 0 Å². The maximum atomic E-state index is 6.22. The lowest BCUT2D eigenvalue weighted by molar-refractivity contribution is 0.736. The number of hydrogen-bond donors (Lipinski definition) is 1. The predicted molar refractivity (Wildman–Crippen MR) is 78.8 cm³/mol. The number of aryl methyl sites for hydroxylation is 1. The highest BCUT2D eigenvalue weighted by molar-refractivity contribution is 9.10. The topological polar surface area (TPSA) is 26.0 Å². The SMILES string of the molecule is Cc1csc(C(N)Cc2ccc(Br)cc2)c1Cl. The van der Waals surface area contributed by atoms with Gasteiger partial charge >= 0.3 is 0 Å². The molecule has 0 radical (unpaired) electrons. The maximum absolute atomic E-state index is 6.22. The fourth-order valence-electron chi connectivity index (χ4n) is 1.67. The van der Waals surface area contributed by atoms with Gasteiger partial charge in [-0.25, -0.2) is 0 Å². The van der Waals surface area contributed by atoms with Crippen molar-refractivity contribution in [2.75, 3.05) is 0 Å². The van der Waals surface area contributed by atoms with E-state index in [-0.39, 0.29) is 6.04 Å². The Bertz CT molecular complexity index is 507. The van der Waals surface area contributed by atoms with Crippen LogP contribution in [-0.2, 0) is 6.42 Å². The van der Waals surface area contributed by atoms with Crippen LogP contribution in [0.1, 0.15) is 22.0 Å². The van der Waals surface area contributed by atoms with Crippen LogP contribution in [0.5, 0.6) is 0 Å². The van der Waals surface area contributed by atoms with E-state index in [0.29, 0.717) is 0 Å². The molecule has 0 bridgehead atoms. The molecular formula is C13H13BrClNS. The predicted octanol–water partition coefficient (Wildman–Crippen LogP) is 4.71. The van der Waals surface area contributed by atoms with Crippen LogP contribution < -0.4 is 5.73 Å². The van der Waals surface area contributed by atoms with Gasteiger partial charge < -0.3 is 5.73 Å². The second kappa shape index (κ2) is 5.53. The number of benzene rings is 1. The van der Waals surface area contributed by atoms with Crippen molar-refractivity contribution in [2.45, 2.75) is 19.4 Å². The summed E-state index contributed by atoms with van der Waals surface area (Å²) >= 11 is 11.3. The van der Waals surface area contributed by atoms with E-state index in [1.54, 1.807) is 11.3 Å². The van der Waals surface area contributed by atoms with Crippen molar-refractivity contribution in [2.24, 2.45) is 5.73 Å². The lowest BCUT2D eigenvalue weighted by atomic mass is 10.1. The van der Waals surface area contributed by atoms with E-state index < -0.39 is 0 Å². The van der Waals surface area contributed by atoms with Crippen LogP contribution in [0.2, 0.25) is 5.02 Å². The highest BCUT2D eigenvalue weighted by atomic mass is 79.9. The van der Waals surface area contributed by atoms with E-state index in [0.717, 1.165) is 26.4 Å². The Hall–Kier alpha value is -0.350. The Balaban J connectivity index is 2.14. The van der Waals surface area contributed by atoms with Gasteiger partial charge in [0.15, 0.2) is 0 Å². The second-order valence-electron chi connectivity index (χ2n) is 4.03. The van der Waals surface area contributed by atoms with Crippen LogP contribution in [0.4, 0.5) is 0 Å². The molecule has 4 heteroatoms. The van der Waals surface area contributed by atoms with Gasteiger partial charge in [-0.05, 0) is 42.0 Å². The Labute approximate surface area is 119 Å². The average molecular weight is 331 g/mol. The molecule has 1 unspecified atom stereocenters. The molecule has 1 nitrogen and oxygen atoms in total. The van der Waals surface area contributed by atoms with Gasteiger partial charge in [-0.15, -0.1) is 11.3 Å². The molecule has 1 heterocycles. The number of thiophene rings is 1. The molecule has 0 spiro atoms. The van der Waals surface area contributed by atoms with E-state index in [1.165, 1.54) is 5.56 Å². The Morgan fingerprint density at radius 1 is 1.35 bits per heavy atom. The number of nitrogens with two attached hydrogens (primary N) is 1. The summed E-state index contributed by atoms with van der Waals surface area (Å²) in [7, 11) is 0. The summed E-state index contributed by atoms with van der Waals surface area (Å²) in [5.74, 6) is 0. The first-order valence-corrected chi connectivity index (χ1v) is 7.36. The summed E-state index contributed by atoms with van der Waals surface area (Å²) in [6.07, 6.45) is 0.812. The summed E-state index contributed by atoms with van der Waals surface area (Å²) in [5, 5.41) is 2.87. The van der Waals surface area contributed by atoms with Gasteiger partial charge in [-0.1, -0.05) is 39.7 Å². The molecule has 0 aliphatic carbocycles. The van der Waals surface area contributed by atoms with E-state index in [9.17, 15) is 0 Å². The van der Waals surface area contributed by atoms with E-state index in [1.807, 2.05) is 19.1 Å². The van der Waals surface area contributed by atoms with Crippen molar-refractivity contribution in [1.29, 1.82) is 0 Å². The molecule has 2 rings (SSSR count). The first kappa shape index (κ1) is 13.1. The molecule has 1 atom stereocenters. The third-order valence-electron chi connectivity index (χ3n) is 2.63. The quantitative estimate of drug-likeness (QED) is 0.866. The van der Waals surface area contributed by atoms with Gasteiger partial charge in [-0.2, -0.15) is 0 Å². The minimum atomic E-state index is -0.0256. The first-order chi connectivity index (χ1) is 8.08. The van der Waals surface area contributed by atoms with Gasteiger partial charge in [0.1, 0.15) is 0 Å². The maximum Gasteiger partial charge on any atom is 0.0590 e. The molecule has 1 aromatic heterocycles. The molecule has 0 aliphatic rings. The molecule has 0 saturated carbocycles. The van der Waals surface area contributed by atoms with Gasteiger partial charge in [-0.3, -0.25) is 0 Å². The lowest BCUT2D eigenvalue weighted by Gasteiger charge is -2.10. The van der Waals surface area contributed by atoms with Gasteiger partial charge in [0.25, 0.3) is 0 Å². The average Bonchev–Trinajstić information content (AvgIpc) is 2.63. The van der Waals surface area contributed by atoms with Gasteiger partial charge in [0.05, 0.1) is 5.02 Å². The highest BCUT2D eigenvalue weighted by Crippen LogP contribution is 2.32. The molecule has 90 valence electrons. The van der Waals surface area contributed by atoms with Crippen molar-refractivity contribution in [3.8, 4) is 0 Å². The first-order valence-electron chi connectivity index (χ1n) is 5.31. The minimum absolute atomic E-state index is 0.0256. The fraction of sp³-hybridized carbons (Fsp3) is 0.231. The Kier molecular flexibility index (Phi) is 4.26. The molecule has 2 aromatic rings. The summed E-state index contributed by atoms with van der Waals surface area (Å²) in [6.45, 7) is 2.01. The van der Waals surface area contributed by atoms with Crippen molar-refractivity contribution in [3.63, 3.8) is 0 Å². The fourth-order valence-corrected chi connectivity index (χ4v) is 3.27. The van der Waals surface area contributed by atoms with Crippen LogP contribution in [-0.4, -0.2) is 0 Å². The van der Waals surface area contributed by atoms with E-state index >= 15 is 0 Å². The van der Waals surface area contributed by atoms with Crippen LogP contribution in [0, 0.1) is 6.92 Å². The monoisotopic (exact) mass is 329 g/mol. The zero-order chi connectivity index (χ0) is 12.4. The number of rotatable bonds is 3. The van der Waals surface area contributed by atoms with Gasteiger partial charge in [0.2, 0.25) is 0 Å². The van der Waals surface area contributed by atoms with Crippen molar-refractivity contribution >= 4 is 38.9 Å². The Morgan fingerprint density at radius 3 is 2.53 bits per heavy atom. The summed E-state index contributed by atoms with van der Waals surface area (Å²) in [4.78, 5) is 1.08. The Morgan fingerprint density at radius 2 is 2.00 bits per heavy atom. The van der Waals surface area contributed by atoms with E-state index in [4.69, 9.17) is 17.3 Å². The van der Waals surface area contributed by atoms with Gasteiger partial charge in [0, 0.05) is 15.4 Å². The molecule has 1 aromatic carbocycles. The zero-order valence-electron chi connectivity index (χ0n) is 9.41. The third-order valence-corrected chi connectivity index (χ3v) is 5.01. The molecule has 2 N–H and O–H groups in total. The smallest absolute Gasteiger partial charge is 0.0590 e. The molecule has 0 fully saturated rings. The van der Waals surface area contributed by atoms with Crippen LogP contribution in [0.25, 0.3) is 0 Å². The normalized spacial score (nSPS) is 12.7. The third kappa shape index (κ3) is 3.10. The zero-order valence-corrected chi connectivity index (χ0v) is 12.6.